The number of rotatable bonds is 1. The molecule has 0 aromatic carbocycles. The highest BCUT2D eigenvalue weighted by Crippen LogP contribution is 2.55. The zero-order chi connectivity index (χ0) is 19.3. The molecular formula is C22H30O4. The van der Waals surface area contributed by atoms with Crippen LogP contribution < -0.4 is 0 Å². The van der Waals surface area contributed by atoms with Gasteiger partial charge in [0, 0.05) is 30.3 Å². The molecule has 0 radical (unpaired) electrons. The van der Waals surface area contributed by atoms with Crippen LogP contribution in [0.4, 0.5) is 0 Å². The van der Waals surface area contributed by atoms with Crippen LogP contribution in [0.3, 0.4) is 0 Å². The summed E-state index contributed by atoms with van der Waals surface area (Å²) in [4.78, 5) is 37.7. The summed E-state index contributed by atoms with van der Waals surface area (Å²) in [5.74, 6) is -0.265. The second-order valence-electron chi connectivity index (χ2n) is 9.19. The van der Waals surface area contributed by atoms with Gasteiger partial charge in [0.2, 0.25) is 0 Å². The summed E-state index contributed by atoms with van der Waals surface area (Å²) in [6.07, 6.45) is 5.85. The van der Waals surface area contributed by atoms with Gasteiger partial charge in [-0.1, -0.05) is 39.8 Å². The van der Waals surface area contributed by atoms with Gasteiger partial charge in [0.15, 0.2) is 5.78 Å². The van der Waals surface area contributed by atoms with Crippen LogP contribution >= 0.6 is 0 Å². The Hall–Kier alpha value is -1.71. The van der Waals surface area contributed by atoms with E-state index >= 15 is 0 Å². The summed E-state index contributed by atoms with van der Waals surface area (Å²) in [5, 5.41) is 0. The van der Waals surface area contributed by atoms with E-state index in [-0.39, 0.29) is 28.8 Å². The van der Waals surface area contributed by atoms with Gasteiger partial charge in [-0.15, -0.1) is 0 Å². The third kappa shape index (κ3) is 3.08. The van der Waals surface area contributed by atoms with Crippen molar-refractivity contribution in [1.82, 2.24) is 0 Å². The maximum atomic E-state index is 13.2. The molecule has 0 amide bonds. The molecule has 1 saturated carbocycles. The molecule has 4 atom stereocenters. The number of allylic oxidation sites excluding steroid dienone is 2. The van der Waals surface area contributed by atoms with E-state index in [1.165, 1.54) is 6.92 Å². The summed E-state index contributed by atoms with van der Waals surface area (Å²) in [7, 11) is 0. The van der Waals surface area contributed by atoms with Crippen molar-refractivity contribution in [2.45, 2.75) is 72.3 Å². The topological polar surface area (TPSA) is 60.4 Å². The van der Waals surface area contributed by atoms with Crippen molar-refractivity contribution in [1.29, 1.82) is 0 Å². The standard InChI is InChI=1S/C22H30O4/c1-13-15-7-8-19(24)22(5)10-6-9-21(3,4)18(22)12-17(26-14(2)23)16(11-15)20(13)25/h11,15,17-18H,1,6-10,12H2,2-5H3/t15?,17-,18-,22-/m1/s1. The molecule has 4 nitrogen and oxygen atoms in total. The highest BCUT2D eigenvalue weighted by Gasteiger charge is 2.52. The minimum Gasteiger partial charge on any atom is -0.458 e. The van der Waals surface area contributed by atoms with Gasteiger partial charge in [0.25, 0.3) is 0 Å². The molecule has 142 valence electrons. The second-order valence-corrected chi connectivity index (χ2v) is 9.19. The van der Waals surface area contributed by atoms with Gasteiger partial charge in [-0.05, 0) is 42.6 Å². The molecule has 0 N–H and O–H groups in total. The monoisotopic (exact) mass is 358 g/mol. The van der Waals surface area contributed by atoms with Crippen LogP contribution in [0.25, 0.3) is 0 Å². The fraction of sp³-hybridized carbons (Fsp3) is 0.682. The van der Waals surface area contributed by atoms with E-state index in [0.717, 1.165) is 19.3 Å². The molecule has 3 aliphatic carbocycles. The van der Waals surface area contributed by atoms with Crippen LogP contribution in [-0.2, 0) is 19.1 Å². The van der Waals surface area contributed by atoms with E-state index in [1.54, 1.807) is 0 Å². The van der Waals surface area contributed by atoms with Crippen LogP contribution in [0.1, 0.15) is 66.2 Å². The van der Waals surface area contributed by atoms with Crippen molar-refractivity contribution in [3.05, 3.63) is 23.8 Å². The normalized spacial score (nSPS) is 37.0. The first kappa shape index (κ1) is 19.1. The van der Waals surface area contributed by atoms with Crippen molar-refractivity contribution < 1.29 is 19.1 Å². The number of hydrogen-bond acceptors (Lipinski definition) is 4. The Kier molecular flexibility index (Phi) is 4.74. The van der Waals surface area contributed by atoms with Crippen LogP contribution in [0, 0.1) is 22.7 Å². The Bertz CT molecular complexity index is 699. The van der Waals surface area contributed by atoms with Crippen LogP contribution in [0.5, 0.6) is 0 Å². The fourth-order valence-corrected chi connectivity index (χ4v) is 5.52. The number of esters is 1. The molecule has 1 fully saturated rings. The molecule has 0 spiro atoms. The van der Waals surface area contributed by atoms with Crippen molar-refractivity contribution >= 4 is 17.5 Å². The Morgan fingerprint density at radius 3 is 2.58 bits per heavy atom. The summed E-state index contributed by atoms with van der Waals surface area (Å²) < 4.78 is 5.61. The predicted octanol–water partition coefficient (Wildman–Crippen LogP) is 4.19. The molecule has 3 aliphatic rings. The number of Topliss-reactive ketones (excluding diaryl/α,β-unsaturated/α-hetero) is 2. The maximum absolute atomic E-state index is 13.2. The van der Waals surface area contributed by atoms with E-state index < -0.39 is 17.5 Å². The first-order chi connectivity index (χ1) is 12.1. The Morgan fingerprint density at radius 1 is 1.23 bits per heavy atom. The molecule has 0 aromatic rings. The van der Waals surface area contributed by atoms with Gasteiger partial charge in [-0.25, -0.2) is 0 Å². The van der Waals surface area contributed by atoms with Crippen LogP contribution in [-0.4, -0.2) is 23.6 Å². The summed E-state index contributed by atoms with van der Waals surface area (Å²) in [6.45, 7) is 11.8. The lowest BCUT2D eigenvalue weighted by Gasteiger charge is -2.51. The van der Waals surface area contributed by atoms with Gasteiger partial charge in [0.1, 0.15) is 11.9 Å². The maximum Gasteiger partial charge on any atom is 0.303 e. The summed E-state index contributed by atoms with van der Waals surface area (Å²) >= 11 is 0. The Balaban J connectivity index is 2.08. The smallest absolute Gasteiger partial charge is 0.303 e. The minimum atomic E-state index is -0.589. The quantitative estimate of drug-likeness (QED) is 0.521. The summed E-state index contributed by atoms with van der Waals surface area (Å²) in [6, 6.07) is 0. The van der Waals surface area contributed by atoms with Gasteiger partial charge >= 0.3 is 5.97 Å². The molecular weight excluding hydrogens is 328 g/mol. The van der Waals surface area contributed by atoms with Gasteiger partial charge in [-0.3, -0.25) is 14.4 Å². The first-order valence-corrected chi connectivity index (χ1v) is 9.72. The number of carbonyl (C=O) groups is 3. The fourth-order valence-electron chi connectivity index (χ4n) is 5.52. The first-order valence-electron chi connectivity index (χ1n) is 9.72. The number of hydrogen-bond donors (Lipinski definition) is 0. The number of ketones is 2. The van der Waals surface area contributed by atoms with Crippen molar-refractivity contribution in [2.75, 3.05) is 0 Å². The van der Waals surface area contributed by atoms with Crippen LogP contribution in [0.15, 0.2) is 23.8 Å². The third-order valence-electron chi connectivity index (χ3n) is 7.04. The largest absolute Gasteiger partial charge is 0.458 e. The van der Waals surface area contributed by atoms with Gasteiger partial charge in [0.05, 0.1) is 0 Å². The van der Waals surface area contributed by atoms with E-state index in [4.69, 9.17) is 4.74 Å². The van der Waals surface area contributed by atoms with E-state index in [9.17, 15) is 14.4 Å². The molecule has 0 heterocycles. The number of carbonyl (C=O) groups excluding carboxylic acids is 3. The number of ether oxygens (including phenoxy) is 1. The molecule has 4 heteroatoms. The molecule has 0 aromatic heterocycles. The minimum absolute atomic E-state index is 0.0428. The van der Waals surface area contributed by atoms with Gasteiger partial charge < -0.3 is 4.74 Å². The Morgan fingerprint density at radius 2 is 1.92 bits per heavy atom. The lowest BCUT2D eigenvalue weighted by molar-refractivity contribution is -0.149. The van der Waals surface area contributed by atoms with Crippen molar-refractivity contribution in [2.24, 2.45) is 22.7 Å². The molecule has 2 bridgehead atoms. The highest BCUT2D eigenvalue weighted by atomic mass is 16.5. The molecule has 26 heavy (non-hydrogen) atoms. The molecule has 0 saturated heterocycles. The SMILES string of the molecule is C=C1C(=O)C2=CC1CCC(=O)[C@]1(C)CCCC(C)(C)[C@H]1C[C@H]2OC(C)=O. The average Bonchev–Trinajstić information content (AvgIpc) is 2.81. The Labute approximate surface area is 156 Å². The van der Waals surface area contributed by atoms with E-state index in [0.29, 0.717) is 30.4 Å². The molecule has 0 aliphatic heterocycles. The lowest BCUT2D eigenvalue weighted by Crippen LogP contribution is -2.49. The van der Waals surface area contributed by atoms with E-state index in [2.05, 4.69) is 27.4 Å². The zero-order valence-electron chi connectivity index (χ0n) is 16.4. The molecule has 3 rings (SSSR count). The third-order valence-corrected chi connectivity index (χ3v) is 7.04. The second kappa shape index (κ2) is 6.47. The average molecular weight is 358 g/mol. The van der Waals surface area contributed by atoms with E-state index in [1.807, 2.05) is 6.08 Å². The van der Waals surface area contributed by atoms with Crippen molar-refractivity contribution in [3.63, 3.8) is 0 Å². The van der Waals surface area contributed by atoms with Crippen LogP contribution in [0.2, 0.25) is 0 Å². The summed E-state index contributed by atoms with van der Waals surface area (Å²) in [5.41, 5.74) is 0.619. The van der Waals surface area contributed by atoms with Crippen molar-refractivity contribution in [3.8, 4) is 0 Å². The highest BCUT2D eigenvalue weighted by molar-refractivity contribution is 6.12. The molecule has 1 unspecified atom stereocenters. The number of fused-ring (bicyclic) bond motifs is 2. The lowest BCUT2D eigenvalue weighted by atomic mass is 9.53. The predicted molar refractivity (Wildman–Crippen MR) is 99.4 cm³/mol. The zero-order valence-corrected chi connectivity index (χ0v) is 16.4. The van der Waals surface area contributed by atoms with Gasteiger partial charge in [-0.2, -0.15) is 0 Å².